The number of fused-ring (bicyclic) bond motifs is 1. The highest BCUT2D eigenvalue weighted by Crippen LogP contribution is 2.48. The molecular formula is C32H30F5N7O5S. The lowest BCUT2D eigenvalue weighted by molar-refractivity contribution is -0.324. The van der Waals surface area contributed by atoms with Gasteiger partial charge in [-0.25, -0.2) is 24.0 Å². The van der Waals surface area contributed by atoms with Crippen molar-refractivity contribution in [2.45, 2.75) is 19.5 Å². The molecule has 18 heteroatoms. The number of hydroxylamine groups is 1. The molecule has 0 saturated heterocycles. The van der Waals surface area contributed by atoms with Crippen LogP contribution in [0.4, 0.5) is 43.3 Å². The Hall–Kier alpha value is -5.17. The Kier molecular flexibility index (Phi) is 11.0. The Labute approximate surface area is 286 Å². The fraction of sp³-hybridized carbons (Fsp3) is 0.250. The molecule has 12 nitrogen and oxygen atoms in total. The fourth-order valence-electron chi connectivity index (χ4n) is 5.12. The lowest BCUT2D eigenvalue weighted by Gasteiger charge is -2.37. The topological polar surface area (TPSA) is 121 Å². The van der Waals surface area contributed by atoms with E-state index < -0.39 is 36.5 Å². The number of halogens is 5. The van der Waals surface area contributed by atoms with Gasteiger partial charge in [-0.05, 0) is 48.5 Å². The van der Waals surface area contributed by atoms with Crippen molar-refractivity contribution < 1.29 is 45.9 Å². The summed E-state index contributed by atoms with van der Waals surface area (Å²) < 4.78 is 77.4. The molecule has 0 saturated carbocycles. The number of amides is 3. The van der Waals surface area contributed by atoms with E-state index in [-0.39, 0.29) is 53.3 Å². The second kappa shape index (κ2) is 15.2. The number of hydrogen-bond donors (Lipinski definition) is 2. The van der Waals surface area contributed by atoms with Crippen molar-refractivity contribution in [2.75, 3.05) is 49.5 Å². The summed E-state index contributed by atoms with van der Waals surface area (Å²) in [6.45, 7) is 2.82. The number of carbonyl (C=O) groups is 2. The number of nitrogens with one attached hydrogen (secondary N) is 2. The standard InChI is InChI=1S/C32H30F5N7O5S/c1-18-43(17-21-23(33)6-5-7-24(21)34)30-27(29(45)44(18)25-12-13-26(47-3)40-39-25)22(16-42(2)14-15-49-32(35,36)37)28(50-30)19-8-10-20(11-9-19)38-31(46)41-48-4/h5-13H,1,14-17H2,2-4H3,(H2,38,41,46). The van der Waals surface area contributed by atoms with Crippen molar-refractivity contribution in [1.82, 2.24) is 20.6 Å². The van der Waals surface area contributed by atoms with E-state index in [0.717, 1.165) is 28.4 Å². The maximum atomic E-state index is 15.0. The highest BCUT2D eigenvalue weighted by atomic mass is 32.1. The summed E-state index contributed by atoms with van der Waals surface area (Å²) in [6.07, 6.45) is -4.83. The number of hydrogen-bond acceptors (Lipinski definition) is 10. The number of alkyl halides is 3. The van der Waals surface area contributed by atoms with Gasteiger partial charge in [0, 0.05) is 35.3 Å². The van der Waals surface area contributed by atoms with Crippen LogP contribution in [0.15, 0.2) is 67.0 Å². The van der Waals surface area contributed by atoms with Gasteiger partial charge in [-0.15, -0.1) is 34.7 Å². The summed E-state index contributed by atoms with van der Waals surface area (Å²) in [5.74, 6) is -2.06. The van der Waals surface area contributed by atoms with Crippen molar-refractivity contribution in [3.63, 3.8) is 0 Å². The first kappa shape index (κ1) is 36.1. The van der Waals surface area contributed by atoms with E-state index in [9.17, 15) is 22.8 Å². The van der Waals surface area contributed by atoms with E-state index >= 15 is 8.78 Å². The normalized spacial score (nSPS) is 13.1. The van der Waals surface area contributed by atoms with Gasteiger partial charge in [-0.3, -0.25) is 19.3 Å². The number of rotatable bonds is 12. The Morgan fingerprint density at radius 3 is 2.32 bits per heavy atom. The molecule has 1 aliphatic rings. The molecule has 0 radical (unpaired) electrons. The van der Waals surface area contributed by atoms with Gasteiger partial charge in [-0.2, -0.15) is 0 Å². The van der Waals surface area contributed by atoms with Crippen molar-refractivity contribution in [3.05, 3.63) is 95.3 Å². The Morgan fingerprint density at radius 2 is 1.72 bits per heavy atom. The van der Waals surface area contributed by atoms with E-state index in [0.29, 0.717) is 21.7 Å². The fourth-order valence-corrected chi connectivity index (χ4v) is 6.45. The van der Waals surface area contributed by atoms with E-state index in [4.69, 9.17) is 4.74 Å². The number of nitrogens with zero attached hydrogens (tertiary/aromatic N) is 5. The van der Waals surface area contributed by atoms with Crippen LogP contribution >= 0.6 is 11.3 Å². The molecule has 4 aromatic rings. The van der Waals surface area contributed by atoms with Crippen LogP contribution in [-0.4, -0.2) is 67.8 Å². The van der Waals surface area contributed by atoms with E-state index in [2.05, 4.69) is 37.1 Å². The molecule has 2 aromatic heterocycles. The highest BCUT2D eigenvalue weighted by Gasteiger charge is 2.40. The van der Waals surface area contributed by atoms with Crippen LogP contribution in [0.5, 0.6) is 5.88 Å². The summed E-state index contributed by atoms with van der Waals surface area (Å²) in [5.41, 5.74) is 3.33. The molecule has 2 N–H and O–H groups in total. The smallest absolute Gasteiger partial charge is 0.480 e. The Balaban J connectivity index is 1.65. The van der Waals surface area contributed by atoms with Gasteiger partial charge in [0.25, 0.3) is 5.91 Å². The second-order valence-electron chi connectivity index (χ2n) is 10.7. The summed E-state index contributed by atoms with van der Waals surface area (Å²) in [4.78, 5) is 35.7. The average Bonchev–Trinajstić information content (AvgIpc) is 3.43. The number of urea groups is 1. The van der Waals surface area contributed by atoms with Crippen LogP contribution in [0, 0.1) is 11.6 Å². The molecular weight excluding hydrogens is 689 g/mol. The summed E-state index contributed by atoms with van der Waals surface area (Å²) in [5, 5.41) is 10.9. The number of thiophene rings is 1. The van der Waals surface area contributed by atoms with Crippen LogP contribution in [-0.2, 0) is 22.7 Å². The molecule has 0 aliphatic carbocycles. The summed E-state index contributed by atoms with van der Waals surface area (Å²) >= 11 is 1.12. The lowest BCUT2D eigenvalue weighted by Crippen LogP contribution is -2.44. The number of ether oxygens (including phenoxy) is 2. The zero-order valence-corrected chi connectivity index (χ0v) is 27.6. The molecule has 0 spiro atoms. The van der Waals surface area contributed by atoms with Crippen molar-refractivity contribution in [1.29, 1.82) is 0 Å². The molecule has 264 valence electrons. The first-order valence-corrected chi connectivity index (χ1v) is 15.5. The van der Waals surface area contributed by atoms with Crippen LogP contribution in [0.1, 0.15) is 21.5 Å². The predicted octanol–water partition coefficient (Wildman–Crippen LogP) is 6.28. The zero-order chi connectivity index (χ0) is 36.2. The summed E-state index contributed by atoms with van der Waals surface area (Å²) in [7, 11) is 4.22. The number of anilines is 3. The SMILES string of the molecule is C=C1N(Cc2c(F)cccc2F)c2sc(-c3ccc(NC(=O)NOC)cc3)c(CN(C)CCOC(F)(F)F)c2C(=O)N1c1ccc(OC)nn1. The largest absolute Gasteiger partial charge is 0.522 e. The lowest BCUT2D eigenvalue weighted by atomic mass is 10.0. The molecule has 5 rings (SSSR count). The molecule has 3 heterocycles. The predicted molar refractivity (Wildman–Crippen MR) is 174 cm³/mol. The third-order valence-corrected chi connectivity index (χ3v) is 8.73. The summed E-state index contributed by atoms with van der Waals surface area (Å²) in [6, 6.07) is 12.3. The zero-order valence-electron chi connectivity index (χ0n) is 26.8. The quantitative estimate of drug-likeness (QED) is 0.129. The van der Waals surface area contributed by atoms with Gasteiger partial charge in [-0.1, -0.05) is 24.8 Å². The monoisotopic (exact) mass is 719 g/mol. The van der Waals surface area contributed by atoms with E-state index in [1.54, 1.807) is 31.3 Å². The van der Waals surface area contributed by atoms with Crippen molar-refractivity contribution in [2.24, 2.45) is 0 Å². The first-order chi connectivity index (χ1) is 23.8. The maximum Gasteiger partial charge on any atom is 0.522 e. The van der Waals surface area contributed by atoms with Gasteiger partial charge in [0.2, 0.25) is 5.88 Å². The third-order valence-electron chi connectivity index (χ3n) is 7.43. The van der Waals surface area contributed by atoms with Crippen LogP contribution in [0.3, 0.4) is 0 Å². The average molecular weight is 720 g/mol. The molecule has 0 fully saturated rings. The van der Waals surface area contributed by atoms with Crippen molar-refractivity contribution >= 4 is 39.8 Å². The Bertz CT molecular complexity index is 1850. The molecule has 0 atom stereocenters. The van der Waals surface area contributed by atoms with E-state index in [1.165, 1.54) is 42.2 Å². The minimum absolute atomic E-state index is 0.0135. The van der Waals surface area contributed by atoms with Crippen molar-refractivity contribution in [3.8, 4) is 16.3 Å². The molecule has 2 aromatic carbocycles. The molecule has 3 amide bonds. The van der Waals surface area contributed by atoms with Gasteiger partial charge >= 0.3 is 12.4 Å². The molecule has 0 unspecified atom stereocenters. The number of likely N-dealkylation sites (N-methyl/N-ethyl adjacent to an activating group) is 1. The second-order valence-corrected chi connectivity index (χ2v) is 11.7. The van der Waals surface area contributed by atoms with Gasteiger partial charge < -0.3 is 15.0 Å². The number of aromatic nitrogens is 2. The minimum atomic E-state index is -4.83. The van der Waals surface area contributed by atoms with Crippen LogP contribution < -0.4 is 25.3 Å². The number of carbonyl (C=O) groups excluding carboxylic acids is 2. The highest BCUT2D eigenvalue weighted by molar-refractivity contribution is 7.20. The molecule has 1 aliphatic heterocycles. The number of methoxy groups -OCH3 is 1. The first-order valence-electron chi connectivity index (χ1n) is 14.7. The number of benzene rings is 2. The Morgan fingerprint density at radius 1 is 1.02 bits per heavy atom. The minimum Gasteiger partial charge on any atom is -0.480 e. The maximum absolute atomic E-state index is 15.0. The van der Waals surface area contributed by atoms with Gasteiger partial charge in [0.1, 0.15) is 22.5 Å². The van der Waals surface area contributed by atoms with Gasteiger partial charge in [0.05, 0.1) is 32.9 Å². The van der Waals surface area contributed by atoms with Gasteiger partial charge in [0.15, 0.2) is 5.82 Å². The molecule has 0 bridgehead atoms. The third kappa shape index (κ3) is 7.99. The van der Waals surface area contributed by atoms with Crippen LogP contribution in [0.2, 0.25) is 0 Å². The van der Waals surface area contributed by atoms with E-state index in [1.807, 2.05) is 0 Å². The van der Waals surface area contributed by atoms with Crippen LogP contribution in [0.25, 0.3) is 10.4 Å². The molecule has 50 heavy (non-hydrogen) atoms.